The molecule has 1 saturated carbocycles. The zero-order valence-electron chi connectivity index (χ0n) is 21.9. The van der Waals surface area contributed by atoms with E-state index in [4.69, 9.17) is 0 Å². The number of aromatic nitrogens is 1. The van der Waals surface area contributed by atoms with Gasteiger partial charge in [0.15, 0.2) is 0 Å². The van der Waals surface area contributed by atoms with Gasteiger partial charge in [-0.15, -0.1) is 0 Å². The van der Waals surface area contributed by atoms with Crippen molar-refractivity contribution in [2.45, 2.75) is 51.5 Å². The molecule has 0 N–H and O–H groups in total. The molecule has 2 heterocycles. The van der Waals surface area contributed by atoms with Gasteiger partial charge in [0.25, 0.3) is 0 Å². The molecular formula is C36H33N. The number of hydrogen-bond donors (Lipinski definition) is 0. The molecule has 4 atom stereocenters. The lowest BCUT2D eigenvalue weighted by molar-refractivity contribution is 0.149. The normalized spacial score (nSPS) is 25.9. The summed E-state index contributed by atoms with van der Waals surface area (Å²) in [5.41, 5.74) is 8.79. The lowest BCUT2D eigenvalue weighted by Gasteiger charge is -2.45. The molecular weight excluding hydrogens is 446 g/mol. The molecule has 2 aliphatic carbocycles. The fourth-order valence-corrected chi connectivity index (χ4v) is 7.77. The summed E-state index contributed by atoms with van der Waals surface area (Å²) >= 11 is 0. The van der Waals surface area contributed by atoms with Crippen molar-refractivity contribution in [2.75, 3.05) is 0 Å². The third-order valence-corrected chi connectivity index (χ3v) is 9.83. The average Bonchev–Trinajstić information content (AvgIpc) is 3.40. The topological polar surface area (TPSA) is 4.93 Å². The number of rotatable bonds is 2. The summed E-state index contributed by atoms with van der Waals surface area (Å²) in [6.07, 6.45) is 11.9. The van der Waals surface area contributed by atoms with Crippen molar-refractivity contribution >= 4 is 32.6 Å². The van der Waals surface area contributed by atoms with Gasteiger partial charge < -0.3 is 4.57 Å². The minimum Gasteiger partial charge on any atom is -0.336 e. The Morgan fingerprint density at radius 1 is 0.838 bits per heavy atom. The predicted molar refractivity (Wildman–Crippen MR) is 157 cm³/mol. The monoisotopic (exact) mass is 479 g/mol. The Bertz CT molecular complexity index is 1780. The first-order valence-electron chi connectivity index (χ1n) is 14.0. The van der Waals surface area contributed by atoms with Gasteiger partial charge >= 0.3 is 0 Å². The molecule has 1 aromatic heterocycles. The highest BCUT2D eigenvalue weighted by Gasteiger charge is 2.48. The molecule has 4 aromatic carbocycles. The highest BCUT2D eigenvalue weighted by molar-refractivity contribution is 6.15. The van der Waals surface area contributed by atoms with E-state index in [-0.39, 0.29) is 5.41 Å². The molecule has 1 nitrogen and oxygen atoms in total. The van der Waals surface area contributed by atoms with Crippen molar-refractivity contribution < 1.29 is 0 Å². The van der Waals surface area contributed by atoms with E-state index in [1.54, 1.807) is 5.56 Å². The van der Waals surface area contributed by atoms with Crippen LogP contribution in [0, 0.1) is 11.3 Å². The van der Waals surface area contributed by atoms with Crippen molar-refractivity contribution in [1.82, 2.24) is 4.57 Å². The second kappa shape index (κ2) is 7.48. The van der Waals surface area contributed by atoms with E-state index in [1.165, 1.54) is 62.1 Å². The maximum atomic E-state index is 2.74. The van der Waals surface area contributed by atoms with Gasteiger partial charge in [-0.05, 0) is 87.4 Å². The molecule has 37 heavy (non-hydrogen) atoms. The average molecular weight is 480 g/mol. The van der Waals surface area contributed by atoms with E-state index < -0.39 is 0 Å². The van der Waals surface area contributed by atoms with Gasteiger partial charge in [0.1, 0.15) is 0 Å². The van der Waals surface area contributed by atoms with E-state index >= 15 is 0 Å². The van der Waals surface area contributed by atoms with E-state index in [2.05, 4.69) is 122 Å². The highest BCUT2D eigenvalue weighted by Crippen LogP contribution is 2.60. The maximum absolute atomic E-state index is 2.74. The van der Waals surface area contributed by atoms with Crippen LogP contribution in [0.25, 0.3) is 43.7 Å². The van der Waals surface area contributed by atoms with Crippen LogP contribution in [0.5, 0.6) is 0 Å². The molecule has 0 saturated heterocycles. The van der Waals surface area contributed by atoms with Crippen LogP contribution >= 0.6 is 0 Å². The Kier molecular flexibility index (Phi) is 4.35. The zero-order chi connectivity index (χ0) is 24.9. The second-order valence-electron chi connectivity index (χ2n) is 12.3. The van der Waals surface area contributed by atoms with Gasteiger partial charge in [-0.2, -0.15) is 0 Å². The molecule has 1 aliphatic heterocycles. The Morgan fingerprint density at radius 2 is 1.62 bits per heavy atom. The zero-order valence-corrected chi connectivity index (χ0v) is 21.9. The molecule has 8 rings (SSSR count). The Balaban J connectivity index is 1.41. The minimum absolute atomic E-state index is 0.240. The summed E-state index contributed by atoms with van der Waals surface area (Å²) in [6, 6.07) is 28.6. The van der Waals surface area contributed by atoms with Crippen molar-refractivity contribution in [3.63, 3.8) is 0 Å². The summed E-state index contributed by atoms with van der Waals surface area (Å²) in [4.78, 5) is 0. The van der Waals surface area contributed by atoms with Gasteiger partial charge in [0.05, 0.1) is 11.0 Å². The van der Waals surface area contributed by atoms with Crippen LogP contribution < -0.4 is 0 Å². The fourth-order valence-electron chi connectivity index (χ4n) is 7.77. The van der Waals surface area contributed by atoms with Gasteiger partial charge in [0, 0.05) is 22.7 Å². The van der Waals surface area contributed by atoms with Crippen LogP contribution in [-0.4, -0.2) is 4.57 Å². The van der Waals surface area contributed by atoms with Gasteiger partial charge in [0.2, 0.25) is 0 Å². The Hall–Kier alpha value is -3.58. The number of nitrogens with zero attached hydrogens (tertiary/aromatic N) is 1. The number of fused-ring (bicyclic) bond motifs is 8. The van der Waals surface area contributed by atoms with Crippen LogP contribution in [0.2, 0.25) is 0 Å². The molecule has 5 aromatic rings. The maximum Gasteiger partial charge on any atom is 0.0530 e. The summed E-state index contributed by atoms with van der Waals surface area (Å²) in [6.45, 7) is 7.03. The number of benzene rings is 4. The van der Waals surface area contributed by atoms with E-state index in [0.29, 0.717) is 23.8 Å². The largest absolute Gasteiger partial charge is 0.336 e. The molecule has 1 fully saturated rings. The summed E-state index contributed by atoms with van der Waals surface area (Å²) < 4.78 is 2.74. The first kappa shape index (κ1) is 21.5. The summed E-state index contributed by atoms with van der Waals surface area (Å²) in [5.74, 6) is 1.71. The minimum atomic E-state index is 0.240. The van der Waals surface area contributed by atoms with Crippen molar-refractivity contribution in [3.8, 4) is 11.1 Å². The van der Waals surface area contributed by atoms with Gasteiger partial charge in [-0.3, -0.25) is 0 Å². The first-order chi connectivity index (χ1) is 18.0. The molecule has 0 radical (unpaired) electrons. The fraction of sp³-hybridized carbons (Fsp3) is 0.278. The molecule has 4 unspecified atom stereocenters. The highest BCUT2D eigenvalue weighted by atomic mass is 15.1. The predicted octanol–water partition coefficient (Wildman–Crippen LogP) is 9.92. The van der Waals surface area contributed by atoms with Crippen molar-refractivity contribution in [2.24, 2.45) is 11.3 Å². The standard InChI is InChI=1S/C36H33N/c1-22(2)23-11-13-24(14-12-23)27-17-30-29-16-25-8-4-5-9-26(25)19-33(29)37-34-20-28-10-6-7-15-36(28,3)21-32(34)31(18-27)35(30)37/h4-19,22,28,32,34H,20-21H2,1-3H3. The van der Waals surface area contributed by atoms with Crippen LogP contribution in [-0.2, 0) is 0 Å². The Morgan fingerprint density at radius 3 is 2.41 bits per heavy atom. The molecule has 182 valence electrons. The smallest absolute Gasteiger partial charge is 0.0530 e. The van der Waals surface area contributed by atoms with E-state index in [1.807, 2.05) is 0 Å². The van der Waals surface area contributed by atoms with Crippen molar-refractivity contribution in [1.29, 1.82) is 0 Å². The molecule has 3 aliphatic rings. The lowest BCUT2D eigenvalue weighted by Crippen LogP contribution is -2.36. The Labute approximate surface area is 219 Å². The van der Waals surface area contributed by atoms with Crippen LogP contribution in [0.1, 0.15) is 62.6 Å². The third kappa shape index (κ3) is 2.98. The molecule has 0 bridgehead atoms. The molecule has 0 spiro atoms. The van der Waals surface area contributed by atoms with Crippen LogP contribution in [0.15, 0.2) is 97.1 Å². The van der Waals surface area contributed by atoms with E-state index in [0.717, 1.165) is 0 Å². The van der Waals surface area contributed by atoms with Crippen LogP contribution in [0.3, 0.4) is 0 Å². The van der Waals surface area contributed by atoms with Gasteiger partial charge in [-0.1, -0.05) is 93.6 Å². The van der Waals surface area contributed by atoms with Crippen molar-refractivity contribution in [3.05, 3.63) is 108 Å². The van der Waals surface area contributed by atoms with Gasteiger partial charge in [-0.25, -0.2) is 0 Å². The van der Waals surface area contributed by atoms with E-state index in [9.17, 15) is 0 Å². The molecule has 0 amide bonds. The third-order valence-electron chi connectivity index (χ3n) is 9.83. The molecule has 1 heteroatoms. The number of hydrogen-bond acceptors (Lipinski definition) is 0. The first-order valence-corrected chi connectivity index (χ1v) is 14.0. The number of allylic oxidation sites excluding steroid dienone is 4. The summed E-state index contributed by atoms with van der Waals surface area (Å²) in [5, 5.41) is 5.50. The lowest BCUT2D eigenvalue weighted by atomic mass is 9.60. The quantitative estimate of drug-likeness (QED) is 0.237. The second-order valence-corrected chi connectivity index (χ2v) is 12.3. The van der Waals surface area contributed by atoms with Crippen LogP contribution in [0.4, 0.5) is 0 Å². The SMILES string of the molecule is CC(C)c1ccc(-c2cc3c4c(c2)c2cc5ccccc5cc2n4C2CC4C=CC=CC4(C)CC32)cc1. The summed E-state index contributed by atoms with van der Waals surface area (Å²) in [7, 11) is 0.